The van der Waals surface area contributed by atoms with Gasteiger partial charge >= 0.3 is 0 Å². The molecule has 0 bridgehead atoms. The van der Waals surface area contributed by atoms with Crippen LogP contribution in [-0.2, 0) is 4.79 Å². The Morgan fingerprint density at radius 3 is 2.47 bits per heavy atom. The third kappa shape index (κ3) is 6.89. The monoisotopic (exact) mass is 270 g/mol. The van der Waals surface area contributed by atoms with E-state index in [1.807, 2.05) is 0 Å². The standard InChI is InChI=1S/C14H30N4O/c1-4-7-18(9-8-17(2)3)13(11-15)10-14(19)16-12-5-6-12/h12-13H,4-11,15H2,1-3H3,(H,16,19). The summed E-state index contributed by atoms with van der Waals surface area (Å²) < 4.78 is 0. The van der Waals surface area contributed by atoms with Gasteiger partial charge in [-0.25, -0.2) is 0 Å². The summed E-state index contributed by atoms with van der Waals surface area (Å²) in [6.45, 7) is 5.69. The number of likely N-dealkylation sites (N-methyl/N-ethyl adjacent to an activating group) is 1. The van der Waals surface area contributed by atoms with Gasteiger partial charge in [-0.2, -0.15) is 0 Å². The Labute approximate surface area is 117 Å². The van der Waals surface area contributed by atoms with Crippen molar-refractivity contribution in [2.75, 3.05) is 40.3 Å². The lowest BCUT2D eigenvalue weighted by atomic mass is 10.1. The predicted molar refractivity (Wildman–Crippen MR) is 79.0 cm³/mol. The minimum atomic E-state index is 0.156. The highest BCUT2D eigenvalue weighted by atomic mass is 16.1. The first-order valence-electron chi connectivity index (χ1n) is 7.45. The van der Waals surface area contributed by atoms with Crippen molar-refractivity contribution < 1.29 is 4.79 Å². The van der Waals surface area contributed by atoms with Crippen LogP contribution in [-0.4, -0.2) is 68.1 Å². The van der Waals surface area contributed by atoms with Crippen LogP contribution in [0.2, 0.25) is 0 Å². The average molecular weight is 270 g/mol. The number of hydrogen-bond donors (Lipinski definition) is 2. The maximum absolute atomic E-state index is 11.9. The summed E-state index contributed by atoms with van der Waals surface area (Å²) in [7, 11) is 4.14. The Balaban J connectivity index is 2.42. The molecular formula is C14H30N4O. The Bertz CT molecular complexity index is 266. The van der Waals surface area contributed by atoms with E-state index in [1.165, 1.54) is 0 Å². The van der Waals surface area contributed by atoms with E-state index in [0.717, 1.165) is 38.9 Å². The largest absolute Gasteiger partial charge is 0.353 e. The van der Waals surface area contributed by atoms with Crippen molar-refractivity contribution in [1.29, 1.82) is 0 Å². The molecule has 1 aliphatic carbocycles. The Hall–Kier alpha value is -0.650. The smallest absolute Gasteiger partial charge is 0.221 e. The zero-order valence-electron chi connectivity index (χ0n) is 12.7. The third-order valence-corrected chi connectivity index (χ3v) is 3.50. The molecule has 0 aromatic heterocycles. The van der Waals surface area contributed by atoms with E-state index >= 15 is 0 Å². The molecule has 0 spiro atoms. The molecule has 1 aliphatic rings. The van der Waals surface area contributed by atoms with Gasteiger partial charge in [0.15, 0.2) is 0 Å². The number of carbonyl (C=O) groups is 1. The van der Waals surface area contributed by atoms with Crippen LogP contribution >= 0.6 is 0 Å². The maximum Gasteiger partial charge on any atom is 0.221 e. The molecule has 1 fully saturated rings. The van der Waals surface area contributed by atoms with Crippen LogP contribution < -0.4 is 11.1 Å². The molecule has 0 aromatic carbocycles. The Kier molecular flexibility index (Phi) is 7.34. The molecule has 0 radical (unpaired) electrons. The summed E-state index contributed by atoms with van der Waals surface area (Å²) in [5, 5.41) is 3.05. The van der Waals surface area contributed by atoms with E-state index in [0.29, 0.717) is 19.0 Å². The van der Waals surface area contributed by atoms with E-state index in [-0.39, 0.29) is 11.9 Å². The van der Waals surface area contributed by atoms with E-state index in [2.05, 4.69) is 36.1 Å². The van der Waals surface area contributed by atoms with Gasteiger partial charge in [-0.1, -0.05) is 6.92 Å². The van der Waals surface area contributed by atoms with E-state index in [9.17, 15) is 4.79 Å². The number of nitrogens with one attached hydrogen (secondary N) is 1. The molecule has 5 nitrogen and oxygen atoms in total. The predicted octanol–water partition coefficient (Wildman–Crippen LogP) is 0.256. The quantitative estimate of drug-likeness (QED) is 0.598. The van der Waals surface area contributed by atoms with Crippen LogP contribution in [0.25, 0.3) is 0 Å². The van der Waals surface area contributed by atoms with Gasteiger partial charge in [0.25, 0.3) is 0 Å². The van der Waals surface area contributed by atoms with Gasteiger partial charge in [-0.05, 0) is 39.9 Å². The minimum Gasteiger partial charge on any atom is -0.353 e. The van der Waals surface area contributed by atoms with Gasteiger partial charge in [0, 0.05) is 38.1 Å². The molecule has 5 heteroatoms. The van der Waals surface area contributed by atoms with Crippen LogP contribution in [0.5, 0.6) is 0 Å². The molecule has 112 valence electrons. The molecule has 3 N–H and O–H groups in total. The van der Waals surface area contributed by atoms with Gasteiger partial charge in [0.2, 0.25) is 5.91 Å². The van der Waals surface area contributed by atoms with Crippen molar-refractivity contribution in [2.24, 2.45) is 5.73 Å². The third-order valence-electron chi connectivity index (χ3n) is 3.50. The Morgan fingerprint density at radius 1 is 1.32 bits per heavy atom. The summed E-state index contributed by atoms with van der Waals surface area (Å²) in [4.78, 5) is 16.4. The number of carbonyl (C=O) groups excluding carboxylic acids is 1. The van der Waals surface area contributed by atoms with Crippen LogP contribution in [0.15, 0.2) is 0 Å². The van der Waals surface area contributed by atoms with Crippen molar-refractivity contribution in [3.05, 3.63) is 0 Å². The SMILES string of the molecule is CCCN(CCN(C)C)C(CN)CC(=O)NC1CC1. The normalized spacial score (nSPS) is 16.9. The average Bonchev–Trinajstić information content (AvgIpc) is 3.15. The highest BCUT2D eigenvalue weighted by molar-refractivity contribution is 5.77. The molecule has 0 aliphatic heterocycles. The van der Waals surface area contributed by atoms with Crippen LogP contribution in [0.3, 0.4) is 0 Å². The highest BCUT2D eigenvalue weighted by Gasteiger charge is 2.26. The zero-order valence-corrected chi connectivity index (χ0v) is 12.7. The molecule has 1 amide bonds. The first kappa shape index (κ1) is 16.4. The number of amides is 1. The summed E-state index contributed by atoms with van der Waals surface area (Å²) in [6.07, 6.45) is 3.89. The van der Waals surface area contributed by atoms with Gasteiger partial charge < -0.3 is 16.0 Å². The Morgan fingerprint density at radius 2 is 2.00 bits per heavy atom. The first-order chi connectivity index (χ1) is 9.06. The van der Waals surface area contributed by atoms with Crippen molar-refractivity contribution >= 4 is 5.91 Å². The second-order valence-electron chi connectivity index (χ2n) is 5.77. The molecule has 0 saturated heterocycles. The highest BCUT2D eigenvalue weighted by Crippen LogP contribution is 2.19. The lowest BCUT2D eigenvalue weighted by molar-refractivity contribution is -0.122. The fourth-order valence-electron chi connectivity index (χ4n) is 2.18. The molecule has 1 unspecified atom stereocenters. The summed E-state index contributed by atoms with van der Waals surface area (Å²) in [5.41, 5.74) is 5.87. The van der Waals surface area contributed by atoms with Crippen molar-refractivity contribution in [3.8, 4) is 0 Å². The molecule has 1 saturated carbocycles. The maximum atomic E-state index is 11.9. The molecular weight excluding hydrogens is 240 g/mol. The van der Waals surface area contributed by atoms with E-state index in [1.54, 1.807) is 0 Å². The number of nitrogens with zero attached hydrogens (tertiary/aromatic N) is 2. The van der Waals surface area contributed by atoms with Crippen LogP contribution in [0.4, 0.5) is 0 Å². The summed E-state index contributed by atoms with van der Waals surface area (Å²) in [6, 6.07) is 0.603. The lowest BCUT2D eigenvalue weighted by Crippen LogP contribution is -2.46. The van der Waals surface area contributed by atoms with Gasteiger partial charge in [-0.15, -0.1) is 0 Å². The van der Waals surface area contributed by atoms with Crippen LogP contribution in [0, 0.1) is 0 Å². The van der Waals surface area contributed by atoms with Crippen molar-refractivity contribution in [1.82, 2.24) is 15.1 Å². The summed E-state index contributed by atoms with van der Waals surface area (Å²) >= 11 is 0. The second-order valence-corrected chi connectivity index (χ2v) is 5.77. The van der Waals surface area contributed by atoms with Gasteiger partial charge in [0.1, 0.15) is 0 Å². The fourth-order valence-corrected chi connectivity index (χ4v) is 2.18. The fraction of sp³-hybridized carbons (Fsp3) is 0.929. The molecule has 19 heavy (non-hydrogen) atoms. The van der Waals surface area contributed by atoms with Crippen molar-refractivity contribution in [3.63, 3.8) is 0 Å². The topological polar surface area (TPSA) is 61.6 Å². The molecule has 1 atom stereocenters. The molecule has 0 heterocycles. The lowest BCUT2D eigenvalue weighted by Gasteiger charge is -2.31. The number of hydrogen-bond acceptors (Lipinski definition) is 4. The van der Waals surface area contributed by atoms with Gasteiger partial charge in [0.05, 0.1) is 0 Å². The molecule has 0 aromatic rings. The van der Waals surface area contributed by atoms with Crippen molar-refractivity contribution in [2.45, 2.75) is 44.7 Å². The van der Waals surface area contributed by atoms with Gasteiger partial charge in [-0.3, -0.25) is 9.69 Å². The van der Waals surface area contributed by atoms with E-state index < -0.39 is 0 Å². The number of nitrogens with two attached hydrogens (primary N) is 1. The number of rotatable bonds is 10. The zero-order chi connectivity index (χ0) is 14.3. The first-order valence-corrected chi connectivity index (χ1v) is 7.45. The second kappa shape index (κ2) is 8.51. The van der Waals surface area contributed by atoms with Crippen LogP contribution in [0.1, 0.15) is 32.6 Å². The summed E-state index contributed by atoms with van der Waals surface area (Å²) in [5.74, 6) is 0.156. The molecule has 1 rings (SSSR count). The minimum absolute atomic E-state index is 0.156. The van der Waals surface area contributed by atoms with E-state index in [4.69, 9.17) is 5.73 Å².